The van der Waals surface area contributed by atoms with Gasteiger partial charge in [-0.3, -0.25) is 4.79 Å². The topological polar surface area (TPSA) is 95.8 Å². The lowest BCUT2D eigenvalue weighted by Crippen LogP contribution is -2.26. The summed E-state index contributed by atoms with van der Waals surface area (Å²) in [5.41, 5.74) is 3.38. The molecule has 2 heterocycles. The van der Waals surface area contributed by atoms with Crippen molar-refractivity contribution in [2.24, 2.45) is 18.9 Å². The molecule has 2 aromatic heterocycles. The maximum atomic E-state index is 13.4. The minimum atomic E-state index is -0.618. The van der Waals surface area contributed by atoms with Crippen LogP contribution in [0, 0.1) is 25.7 Å². The molecule has 2 aliphatic rings. The van der Waals surface area contributed by atoms with E-state index in [0.29, 0.717) is 43.0 Å². The lowest BCUT2D eigenvalue weighted by Gasteiger charge is -2.36. The lowest BCUT2D eigenvalue weighted by molar-refractivity contribution is -0.118. The second-order valence-electron chi connectivity index (χ2n) is 11.8. The average molecular weight is 506 g/mol. The van der Waals surface area contributed by atoms with Crippen LogP contribution >= 0.6 is 0 Å². The smallest absolute Gasteiger partial charge is 0.319 e. The van der Waals surface area contributed by atoms with E-state index in [1.807, 2.05) is 6.07 Å². The third-order valence-electron chi connectivity index (χ3n) is 8.02. The molecule has 198 valence electrons. The fourth-order valence-electron chi connectivity index (χ4n) is 6.00. The first-order chi connectivity index (χ1) is 17.7. The summed E-state index contributed by atoms with van der Waals surface area (Å²) in [5.74, 6) is 3.69. The molecule has 8 nitrogen and oxygen atoms in total. The molecule has 0 radical (unpaired) electrons. The molecule has 8 heteroatoms. The van der Waals surface area contributed by atoms with Crippen LogP contribution in [-0.2, 0) is 24.7 Å². The van der Waals surface area contributed by atoms with Crippen LogP contribution in [0.25, 0.3) is 0 Å². The average Bonchev–Trinajstić information content (AvgIpc) is 3.46. The maximum absolute atomic E-state index is 13.4. The van der Waals surface area contributed by atoms with Crippen LogP contribution in [0.3, 0.4) is 0 Å². The Kier molecular flexibility index (Phi) is 7.19. The number of hydrogen-bond acceptors (Lipinski definition) is 6. The van der Waals surface area contributed by atoms with Crippen LogP contribution < -0.4 is 5.76 Å². The van der Waals surface area contributed by atoms with Crippen LogP contribution in [0.1, 0.15) is 104 Å². The lowest BCUT2D eigenvalue weighted by atomic mass is 9.71. The molecule has 5 rings (SSSR count). The number of benzene rings is 1. The Bertz CT molecular complexity index is 1320. The number of aromatic nitrogens is 5. The van der Waals surface area contributed by atoms with Crippen molar-refractivity contribution in [3.05, 3.63) is 62.9 Å². The Balaban J connectivity index is 1.41. The van der Waals surface area contributed by atoms with E-state index >= 15 is 0 Å². The highest BCUT2D eigenvalue weighted by Crippen LogP contribution is 2.48. The molecule has 37 heavy (non-hydrogen) atoms. The molecule has 3 aromatic rings. The Hall–Kier alpha value is -3.03. The molecular formula is C29H39N5O3. The molecule has 0 saturated heterocycles. The Morgan fingerprint density at radius 3 is 2.54 bits per heavy atom. The Labute approximate surface area is 218 Å². The zero-order valence-electron chi connectivity index (χ0n) is 22.7. The first-order valence-electron chi connectivity index (χ1n) is 13.7. The van der Waals surface area contributed by atoms with Gasteiger partial charge in [0.1, 0.15) is 23.3 Å². The number of aryl methyl sites for hydroxylation is 3. The fraction of sp³-hybridized carbons (Fsp3) is 0.621. The highest BCUT2D eigenvalue weighted by Gasteiger charge is 2.40. The number of ketones is 1. The predicted molar refractivity (Wildman–Crippen MR) is 141 cm³/mol. The highest BCUT2D eigenvalue weighted by molar-refractivity contribution is 5.82. The normalized spacial score (nSPS) is 20.3. The van der Waals surface area contributed by atoms with Gasteiger partial charge >= 0.3 is 5.76 Å². The van der Waals surface area contributed by atoms with E-state index in [9.17, 15) is 9.59 Å². The van der Waals surface area contributed by atoms with Crippen LogP contribution in [0.15, 0.2) is 27.5 Å². The molecule has 0 amide bonds. The van der Waals surface area contributed by atoms with Gasteiger partial charge in [0.05, 0.1) is 0 Å². The molecule has 2 aliphatic carbocycles. The van der Waals surface area contributed by atoms with Crippen molar-refractivity contribution in [2.45, 2.75) is 96.9 Å². The largest absolute Gasteiger partial charge is 0.459 e. The van der Waals surface area contributed by atoms with Gasteiger partial charge in [-0.25, -0.2) is 4.79 Å². The van der Waals surface area contributed by atoms with Gasteiger partial charge in [0.15, 0.2) is 0 Å². The van der Waals surface area contributed by atoms with Crippen molar-refractivity contribution in [1.82, 2.24) is 24.5 Å². The van der Waals surface area contributed by atoms with Crippen molar-refractivity contribution in [3.63, 3.8) is 0 Å². The van der Waals surface area contributed by atoms with E-state index in [2.05, 4.69) is 49.4 Å². The van der Waals surface area contributed by atoms with Gasteiger partial charge in [0.25, 0.3) is 0 Å². The van der Waals surface area contributed by atoms with Crippen LogP contribution in [0.2, 0.25) is 0 Å². The third kappa shape index (κ3) is 5.78. The standard InChI is InChI=1S/C29H39N5O3/c1-17(2)10-20-12-22(13-20)27-31-32-28(34(27)24-8-9-24)23(16-26-30-29(36)37-33(26)5)15-25(35)14-21-7-6-18(3)11-19(21)4/h6-7,11,17,20,22-24H,8-10,12-16H2,1-5H3. The second kappa shape index (κ2) is 10.4. The minimum Gasteiger partial charge on any atom is -0.319 e. The van der Waals surface area contributed by atoms with Crippen molar-refractivity contribution < 1.29 is 9.32 Å². The molecule has 2 fully saturated rings. The summed E-state index contributed by atoms with van der Waals surface area (Å²) in [5, 5.41) is 9.41. The number of rotatable bonds is 11. The first-order valence-corrected chi connectivity index (χ1v) is 13.7. The Morgan fingerprint density at radius 1 is 1.16 bits per heavy atom. The van der Waals surface area contributed by atoms with E-state index < -0.39 is 5.76 Å². The van der Waals surface area contributed by atoms with Crippen molar-refractivity contribution in [3.8, 4) is 0 Å². The van der Waals surface area contributed by atoms with E-state index in [1.165, 1.54) is 16.7 Å². The highest BCUT2D eigenvalue weighted by atomic mass is 16.5. The van der Waals surface area contributed by atoms with Gasteiger partial charge in [-0.1, -0.05) is 37.6 Å². The van der Waals surface area contributed by atoms with E-state index in [4.69, 9.17) is 14.7 Å². The number of carbonyl (C=O) groups excluding carboxylic acids is 1. The zero-order valence-corrected chi connectivity index (χ0v) is 22.7. The summed E-state index contributed by atoms with van der Waals surface area (Å²) in [6.07, 6.45) is 6.93. The van der Waals surface area contributed by atoms with Gasteiger partial charge < -0.3 is 9.09 Å². The molecule has 0 bridgehead atoms. The second-order valence-corrected chi connectivity index (χ2v) is 11.8. The molecule has 1 unspecified atom stereocenters. The quantitative estimate of drug-likeness (QED) is 0.364. The molecule has 1 atom stereocenters. The monoisotopic (exact) mass is 505 g/mol. The number of carbonyl (C=O) groups is 1. The summed E-state index contributed by atoms with van der Waals surface area (Å²) < 4.78 is 8.85. The van der Waals surface area contributed by atoms with Crippen LogP contribution in [0.5, 0.6) is 0 Å². The summed E-state index contributed by atoms with van der Waals surface area (Å²) in [6, 6.07) is 6.63. The van der Waals surface area contributed by atoms with Crippen LogP contribution in [0.4, 0.5) is 0 Å². The van der Waals surface area contributed by atoms with Crippen molar-refractivity contribution in [2.75, 3.05) is 0 Å². The Morgan fingerprint density at radius 2 is 1.92 bits per heavy atom. The zero-order chi connectivity index (χ0) is 26.3. The van der Waals surface area contributed by atoms with Gasteiger partial charge in [-0.15, -0.1) is 10.2 Å². The number of nitrogens with zero attached hydrogens (tertiary/aromatic N) is 5. The molecule has 2 saturated carbocycles. The third-order valence-corrected chi connectivity index (χ3v) is 8.02. The predicted octanol–water partition coefficient (Wildman–Crippen LogP) is 4.98. The minimum absolute atomic E-state index is 0.151. The fourth-order valence-corrected chi connectivity index (χ4v) is 6.00. The summed E-state index contributed by atoms with van der Waals surface area (Å²) in [4.78, 5) is 29.2. The first kappa shape index (κ1) is 25.6. The summed E-state index contributed by atoms with van der Waals surface area (Å²) in [7, 11) is 1.68. The number of Topliss-reactive ketones (excluding diaryl/α,β-unsaturated/α-hetero) is 1. The van der Waals surface area contributed by atoms with Crippen LogP contribution in [-0.4, -0.2) is 30.3 Å². The summed E-state index contributed by atoms with van der Waals surface area (Å²) in [6.45, 7) is 8.69. The molecular weight excluding hydrogens is 466 g/mol. The van der Waals surface area contributed by atoms with E-state index in [-0.39, 0.29) is 11.7 Å². The molecule has 0 spiro atoms. The van der Waals surface area contributed by atoms with E-state index in [0.717, 1.165) is 54.4 Å². The van der Waals surface area contributed by atoms with Crippen molar-refractivity contribution in [1.29, 1.82) is 0 Å². The van der Waals surface area contributed by atoms with Gasteiger partial charge in [0.2, 0.25) is 0 Å². The van der Waals surface area contributed by atoms with E-state index in [1.54, 1.807) is 7.05 Å². The molecule has 1 aromatic carbocycles. The van der Waals surface area contributed by atoms with Gasteiger partial charge in [0, 0.05) is 44.2 Å². The van der Waals surface area contributed by atoms with Gasteiger partial charge in [-0.2, -0.15) is 9.72 Å². The molecule has 0 N–H and O–H groups in total. The SMILES string of the molecule is Cc1ccc(CC(=O)CC(Cc2nc(=O)on2C)c2nnc(C3CC(CC(C)C)C3)n2C2CC2)c(C)c1. The van der Waals surface area contributed by atoms with Crippen molar-refractivity contribution >= 4 is 5.78 Å². The number of hydrogen-bond donors (Lipinski definition) is 0. The van der Waals surface area contributed by atoms with Gasteiger partial charge in [-0.05, 0) is 68.9 Å². The summed E-state index contributed by atoms with van der Waals surface area (Å²) >= 11 is 0. The maximum Gasteiger partial charge on any atom is 0.459 e. The molecule has 0 aliphatic heterocycles.